The lowest BCUT2D eigenvalue weighted by molar-refractivity contribution is -0.131. The first kappa shape index (κ1) is 11.8. The van der Waals surface area contributed by atoms with E-state index < -0.39 is 5.66 Å². The van der Waals surface area contributed by atoms with Crippen LogP contribution in [0.2, 0.25) is 0 Å². The molecule has 1 spiro atoms. The summed E-state index contributed by atoms with van der Waals surface area (Å²) in [5.74, 6) is 1.11. The standard InChI is InChI=1S/C12H21N5O/c1-7(2)6-8-9(18)16-12-4-3-5-17(12)11(13)15-10(12)14-8/h7-8,10,14H,3-6H2,1-2H3,(H2,13,15)(H,16,18)/t8-,10-,12+/m0/s1. The highest BCUT2D eigenvalue weighted by molar-refractivity contribution is 5.88. The summed E-state index contributed by atoms with van der Waals surface area (Å²) in [5, 5.41) is 6.54. The second-order valence-electron chi connectivity index (χ2n) is 5.91. The van der Waals surface area contributed by atoms with Crippen molar-refractivity contribution in [2.45, 2.75) is 51.0 Å². The summed E-state index contributed by atoms with van der Waals surface area (Å²) in [6, 6.07) is -0.155. The molecule has 3 atom stereocenters. The Morgan fingerprint density at radius 3 is 3.11 bits per heavy atom. The van der Waals surface area contributed by atoms with E-state index in [2.05, 4.69) is 29.5 Å². The maximum atomic E-state index is 12.2. The molecule has 0 unspecified atom stereocenters. The summed E-state index contributed by atoms with van der Waals surface area (Å²) in [6.45, 7) is 5.11. The van der Waals surface area contributed by atoms with Gasteiger partial charge in [0.15, 0.2) is 11.6 Å². The van der Waals surface area contributed by atoms with E-state index in [9.17, 15) is 4.79 Å². The number of nitrogens with zero attached hydrogens (tertiary/aromatic N) is 2. The first-order chi connectivity index (χ1) is 8.53. The number of carbonyl (C=O) groups excluding carboxylic acids is 1. The number of hydrogen-bond acceptors (Lipinski definition) is 5. The molecule has 3 aliphatic rings. The van der Waals surface area contributed by atoms with Crippen LogP contribution in [-0.2, 0) is 4.79 Å². The number of carbonyl (C=O) groups is 1. The quantitative estimate of drug-likeness (QED) is 0.622. The predicted molar refractivity (Wildman–Crippen MR) is 68.6 cm³/mol. The highest BCUT2D eigenvalue weighted by Gasteiger charge is 2.57. The van der Waals surface area contributed by atoms with Crippen molar-refractivity contribution in [1.82, 2.24) is 15.5 Å². The summed E-state index contributed by atoms with van der Waals surface area (Å²) in [6.07, 6.45) is 2.69. The van der Waals surface area contributed by atoms with E-state index in [4.69, 9.17) is 5.73 Å². The lowest BCUT2D eigenvalue weighted by Crippen LogP contribution is -2.73. The van der Waals surface area contributed by atoms with Crippen LogP contribution in [0.1, 0.15) is 33.1 Å². The molecule has 100 valence electrons. The Balaban J connectivity index is 1.84. The summed E-state index contributed by atoms with van der Waals surface area (Å²) in [4.78, 5) is 18.7. The zero-order valence-electron chi connectivity index (χ0n) is 10.9. The minimum atomic E-state index is -0.394. The summed E-state index contributed by atoms with van der Waals surface area (Å²) < 4.78 is 0. The molecular weight excluding hydrogens is 230 g/mol. The highest BCUT2D eigenvalue weighted by atomic mass is 16.2. The van der Waals surface area contributed by atoms with Gasteiger partial charge in [-0.2, -0.15) is 0 Å². The molecule has 0 aromatic heterocycles. The van der Waals surface area contributed by atoms with Crippen LogP contribution in [0.15, 0.2) is 4.99 Å². The third kappa shape index (κ3) is 1.51. The molecule has 0 aromatic rings. The van der Waals surface area contributed by atoms with E-state index in [-0.39, 0.29) is 18.1 Å². The number of amides is 1. The molecule has 6 nitrogen and oxygen atoms in total. The van der Waals surface area contributed by atoms with Crippen LogP contribution >= 0.6 is 0 Å². The molecule has 6 heteroatoms. The fourth-order valence-electron chi connectivity index (χ4n) is 3.34. The average Bonchev–Trinajstić information content (AvgIpc) is 2.77. The Labute approximate surface area is 107 Å². The van der Waals surface area contributed by atoms with E-state index in [1.807, 2.05) is 4.90 Å². The van der Waals surface area contributed by atoms with Gasteiger partial charge in [-0.1, -0.05) is 13.8 Å². The van der Waals surface area contributed by atoms with E-state index in [0.717, 1.165) is 25.8 Å². The van der Waals surface area contributed by atoms with Crippen molar-refractivity contribution in [3.05, 3.63) is 0 Å². The highest BCUT2D eigenvalue weighted by Crippen LogP contribution is 2.37. The first-order valence-electron chi connectivity index (χ1n) is 6.72. The van der Waals surface area contributed by atoms with Crippen molar-refractivity contribution in [3.8, 4) is 0 Å². The van der Waals surface area contributed by atoms with Crippen LogP contribution < -0.4 is 16.4 Å². The van der Waals surface area contributed by atoms with Gasteiger partial charge in [-0.15, -0.1) is 0 Å². The molecule has 1 amide bonds. The molecule has 4 N–H and O–H groups in total. The smallest absolute Gasteiger partial charge is 0.239 e. The lowest BCUT2D eigenvalue weighted by atomic mass is 9.95. The van der Waals surface area contributed by atoms with E-state index in [1.165, 1.54) is 0 Å². The maximum absolute atomic E-state index is 12.2. The third-order valence-electron chi connectivity index (χ3n) is 4.13. The Hall–Kier alpha value is -1.30. The van der Waals surface area contributed by atoms with Gasteiger partial charge in [-0.3, -0.25) is 10.1 Å². The second-order valence-corrected chi connectivity index (χ2v) is 5.91. The summed E-state index contributed by atoms with van der Waals surface area (Å²) in [5.41, 5.74) is 5.56. The van der Waals surface area contributed by atoms with Crippen molar-refractivity contribution < 1.29 is 4.79 Å². The maximum Gasteiger partial charge on any atom is 0.239 e. The molecule has 3 heterocycles. The number of piperazine rings is 1. The van der Waals surface area contributed by atoms with Gasteiger partial charge in [0, 0.05) is 6.54 Å². The van der Waals surface area contributed by atoms with Crippen molar-refractivity contribution in [2.24, 2.45) is 16.6 Å². The van der Waals surface area contributed by atoms with Crippen LogP contribution in [0.3, 0.4) is 0 Å². The van der Waals surface area contributed by atoms with Crippen LogP contribution in [0.4, 0.5) is 0 Å². The van der Waals surface area contributed by atoms with Gasteiger partial charge in [0.05, 0.1) is 6.04 Å². The molecule has 2 fully saturated rings. The molecule has 0 aromatic carbocycles. The lowest BCUT2D eigenvalue weighted by Gasteiger charge is -2.44. The zero-order chi connectivity index (χ0) is 12.9. The molecule has 0 aliphatic carbocycles. The fourth-order valence-corrected chi connectivity index (χ4v) is 3.34. The topological polar surface area (TPSA) is 82.8 Å². The molecule has 3 rings (SSSR count). The number of hydrogen-bond donors (Lipinski definition) is 3. The molecular formula is C12H21N5O. The Kier molecular flexibility index (Phi) is 2.52. The third-order valence-corrected chi connectivity index (χ3v) is 4.13. The van der Waals surface area contributed by atoms with Crippen LogP contribution in [0.5, 0.6) is 0 Å². The molecule has 0 saturated carbocycles. The first-order valence-corrected chi connectivity index (χ1v) is 6.72. The van der Waals surface area contributed by atoms with Gasteiger partial charge in [0.25, 0.3) is 0 Å². The van der Waals surface area contributed by atoms with Gasteiger partial charge in [-0.05, 0) is 25.2 Å². The zero-order valence-corrected chi connectivity index (χ0v) is 10.9. The largest absolute Gasteiger partial charge is 0.370 e. The van der Waals surface area contributed by atoms with Crippen molar-refractivity contribution in [1.29, 1.82) is 0 Å². The molecule has 0 bridgehead atoms. The Morgan fingerprint density at radius 1 is 1.61 bits per heavy atom. The van der Waals surface area contributed by atoms with Crippen LogP contribution in [0, 0.1) is 5.92 Å². The molecule has 3 aliphatic heterocycles. The van der Waals surface area contributed by atoms with Gasteiger partial charge < -0.3 is 16.0 Å². The Morgan fingerprint density at radius 2 is 2.39 bits per heavy atom. The summed E-state index contributed by atoms with van der Waals surface area (Å²) in [7, 11) is 0. The van der Waals surface area contributed by atoms with Crippen molar-refractivity contribution in [2.75, 3.05) is 6.54 Å². The van der Waals surface area contributed by atoms with Gasteiger partial charge in [0.1, 0.15) is 6.17 Å². The number of nitrogens with two attached hydrogens (primary N) is 1. The summed E-state index contributed by atoms with van der Waals surface area (Å²) >= 11 is 0. The average molecular weight is 251 g/mol. The van der Waals surface area contributed by atoms with Crippen LogP contribution in [-0.4, -0.2) is 41.2 Å². The Bertz CT molecular complexity index is 407. The van der Waals surface area contributed by atoms with Crippen molar-refractivity contribution >= 4 is 11.9 Å². The number of rotatable bonds is 2. The number of nitrogens with one attached hydrogen (secondary N) is 2. The van der Waals surface area contributed by atoms with Crippen molar-refractivity contribution in [3.63, 3.8) is 0 Å². The van der Waals surface area contributed by atoms with Gasteiger partial charge >= 0.3 is 0 Å². The molecule has 2 saturated heterocycles. The molecule has 0 radical (unpaired) electrons. The van der Waals surface area contributed by atoms with Gasteiger partial charge in [-0.25, -0.2) is 4.99 Å². The van der Waals surface area contributed by atoms with E-state index >= 15 is 0 Å². The monoisotopic (exact) mass is 251 g/mol. The van der Waals surface area contributed by atoms with E-state index in [1.54, 1.807) is 0 Å². The molecule has 18 heavy (non-hydrogen) atoms. The minimum Gasteiger partial charge on any atom is -0.370 e. The second kappa shape index (κ2) is 3.85. The van der Waals surface area contributed by atoms with Crippen LogP contribution in [0.25, 0.3) is 0 Å². The predicted octanol–water partition coefficient (Wildman–Crippen LogP) is -0.433. The fraction of sp³-hybridized carbons (Fsp3) is 0.833. The normalized spacial score (nSPS) is 38.5. The minimum absolute atomic E-state index is 0.0803. The van der Waals surface area contributed by atoms with E-state index in [0.29, 0.717) is 11.9 Å². The van der Waals surface area contributed by atoms with Gasteiger partial charge in [0.2, 0.25) is 5.91 Å². The number of aliphatic imine (C=N–C) groups is 1. The SMILES string of the molecule is CC(C)C[C@@H]1N[C@H]2N=C(N)N3CCC[C@]23NC1=O. The number of guanidine groups is 1.